The first-order chi connectivity index (χ1) is 15.1. The summed E-state index contributed by atoms with van der Waals surface area (Å²) in [5.74, 6) is 2.11. The Labute approximate surface area is 176 Å². The van der Waals surface area contributed by atoms with Gasteiger partial charge >= 0.3 is 5.97 Å². The zero-order valence-corrected chi connectivity index (χ0v) is 16.6. The summed E-state index contributed by atoms with van der Waals surface area (Å²) < 4.78 is 33.2. The van der Waals surface area contributed by atoms with E-state index in [1.54, 1.807) is 32.4 Å². The highest BCUT2D eigenvalue weighted by atomic mass is 16.7. The summed E-state index contributed by atoms with van der Waals surface area (Å²) in [6.07, 6.45) is 0. The summed E-state index contributed by atoms with van der Waals surface area (Å²) in [7, 11) is 3.09. The Hall–Kier alpha value is -4.07. The van der Waals surface area contributed by atoms with Crippen molar-refractivity contribution in [2.45, 2.75) is 0 Å². The smallest absolute Gasteiger partial charge is 0.345 e. The highest BCUT2D eigenvalue weighted by Crippen LogP contribution is 2.53. The van der Waals surface area contributed by atoms with Crippen molar-refractivity contribution in [3.05, 3.63) is 47.2 Å². The molecule has 3 aromatic rings. The third-order valence-electron chi connectivity index (χ3n) is 5.67. The van der Waals surface area contributed by atoms with Gasteiger partial charge < -0.3 is 33.5 Å². The van der Waals surface area contributed by atoms with Crippen LogP contribution in [0.1, 0.15) is 15.9 Å². The number of methoxy groups -OCH3 is 2. The van der Waals surface area contributed by atoms with Gasteiger partial charge in [-0.2, -0.15) is 0 Å². The summed E-state index contributed by atoms with van der Waals surface area (Å²) in [6, 6.07) is 9.05. The maximum atomic E-state index is 13.0. The van der Waals surface area contributed by atoms with Crippen LogP contribution < -0.4 is 23.7 Å². The van der Waals surface area contributed by atoms with Gasteiger partial charge in [0.2, 0.25) is 6.79 Å². The molecule has 8 heteroatoms. The Morgan fingerprint density at radius 2 is 1.61 bits per heavy atom. The van der Waals surface area contributed by atoms with Crippen molar-refractivity contribution >= 4 is 22.5 Å². The van der Waals surface area contributed by atoms with Crippen LogP contribution in [0.25, 0.3) is 27.7 Å². The van der Waals surface area contributed by atoms with E-state index in [-0.39, 0.29) is 24.9 Å². The Morgan fingerprint density at radius 3 is 2.39 bits per heavy atom. The molecular weight excluding hydrogens is 404 g/mol. The molecule has 0 bridgehead atoms. The Morgan fingerprint density at radius 1 is 0.871 bits per heavy atom. The Kier molecular flexibility index (Phi) is 3.56. The number of aliphatic hydroxyl groups is 1. The van der Waals surface area contributed by atoms with Crippen LogP contribution in [0.4, 0.5) is 0 Å². The third kappa shape index (κ3) is 2.32. The zero-order valence-electron chi connectivity index (χ0n) is 16.6. The van der Waals surface area contributed by atoms with Crippen molar-refractivity contribution in [2.24, 2.45) is 0 Å². The fraction of sp³-hybridized carbons (Fsp3) is 0.174. The van der Waals surface area contributed by atoms with Crippen LogP contribution in [0.2, 0.25) is 0 Å². The quantitative estimate of drug-likeness (QED) is 0.635. The maximum Gasteiger partial charge on any atom is 0.345 e. The number of benzene rings is 3. The predicted molar refractivity (Wildman–Crippen MR) is 109 cm³/mol. The average molecular weight is 420 g/mol. The molecule has 3 heterocycles. The number of carbonyl (C=O) groups excluding carboxylic acids is 1. The fourth-order valence-corrected chi connectivity index (χ4v) is 4.31. The van der Waals surface area contributed by atoms with Crippen LogP contribution >= 0.6 is 0 Å². The molecule has 0 aliphatic carbocycles. The number of carbonyl (C=O) groups is 1. The number of hydrogen-bond acceptors (Lipinski definition) is 8. The SMILES string of the molecule is COc1cc2c3c4c(c(-c5ccc6c(c5)OCO6)c2cc1OC)C(=O)OC4=C(O)CO3. The van der Waals surface area contributed by atoms with Gasteiger partial charge in [-0.3, -0.25) is 0 Å². The summed E-state index contributed by atoms with van der Waals surface area (Å²) in [5.41, 5.74) is 2.09. The van der Waals surface area contributed by atoms with Crippen LogP contribution in [-0.2, 0) is 4.74 Å². The average Bonchev–Trinajstić information content (AvgIpc) is 3.39. The van der Waals surface area contributed by atoms with Gasteiger partial charge in [0.1, 0.15) is 12.4 Å². The van der Waals surface area contributed by atoms with Gasteiger partial charge in [-0.15, -0.1) is 0 Å². The molecule has 0 spiro atoms. The fourth-order valence-electron chi connectivity index (χ4n) is 4.31. The Bertz CT molecular complexity index is 1340. The molecule has 3 aliphatic heterocycles. The topological polar surface area (TPSA) is 92.7 Å². The van der Waals surface area contributed by atoms with Crippen molar-refractivity contribution in [1.82, 2.24) is 0 Å². The van der Waals surface area contributed by atoms with E-state index in [0.29, 0.717) is 56.2 Å². The second-order valence-electron chi connectivity index (χ2n) is 7.23. The minimum Gasteiger partial charge on any atom is -0.505 e. The van der Waals surface area contributed by atoms with E-state index in [2.05, 4.69) is 0 Å². The molecule has 1 N–H and O–H groups in total. The van der Waals surface area contributed by atoms with Gasteiger partial charge in [0.05, 0.1) is 25.3 Å². The Balaban J connectivity index is 1.78. The van der Waals surface area contributed by atoms with Crippen molar-refractivity contribution in [2.75, 3.05) is 27.6 Å². The molecule has 0 aromatic heterocycles. The van der Waals surface area contributed by atoms with Crippen LogP contribution in [0.5, 0.6) is 28.7 Å². The van der Waals surface area contributed by atoms with Gasteiger partial charge in [0.25, 0.3) is 0 Å². The van der Waals surface area contributed by atoms with E-state index in [0.717, 1.165) is 5.56 Å². The second kappa shape index (κ2) is 6.21. The second-order valence-corrected chi connectivity index (χ2v) is 7.23. The minimum atomic E-state index is -0.562. The summed E-state index contributed by atoms with van der Waals surface area (Å²) >= 11 is 0. The monoisotopic (exact) mass is 420 g/mol. The molecule has 0 saturated carbocycles. The van der Waals surface area contributed by atoms with Gasteiger partial charge in [0, 0.05) is 10.9 Å². The number of ether oxygens (including phenoxy) is 6. The molecule has 0 fully saturated rings. The van der Waals surface area contributed by atoms with Crippen molar-refractivity contribution in [1.29, 1.82) is 0 Å². The van der Waals surface area contributed by atoms with Crippen LogP contribution in [0.15, 0.2) is 36.1 Å². The first-order valence-electron chi connectivity index (χ1n) is 9.54. The summed E-state index contributed by atoms with van der Waals surface area (Å²) in [5, 5.41) is 11.7. The van der Waals surface area contributed by atoms with Gasteiger partial charge in [-0.1, -0.05) is 6.07 Å². The largest absolute Gasteiger partial charge is 0.505 e. The van der Waals surface area contributed by atoms with E-state index in [1.165, 1.54) is 0 Å². The lowest BCUT2D eigenvalue weighted by Crippen LogP contribution is -2.11. The van der Waals surface area contributed by atoms with Crippen molar-refractivity contribution < 1.29 is 38.3 Å². The highest BCUT2D eigenvalue weighted by molar-refractivity contribution is 6.19. The zero-order chi connectivity index (χ0) is 21.3. The van der Waals surface area contributed by atoms with Gasteiger partial charge in [0.15, 0.2) is 34.5 Å². The molecule has 0 atom stereocenters. The van der Waals surface area contributed by atoms with E-state index in [4.69, 9.17) is 28.4 Å². The molecular formula is C23H16O8. The van der Waals surface area contributed by atoms with E-state index in [9.17, 15) is 9.90 Å². The van der Waals surface area contributed by atoms with Gasteiger partial charge in [-0.25, -0.2) is 4.79 Å². The number of esters is 1. The van der Waals surface area contributed by atoms with Crippen LogP contribution in [0, 0.1) is 0 Å². The molecule has 0 saturated heterocycles. The number of fused-ring (bicyclic) bond motifs is 3. The van der Waals surface area contributed by atoms with Gasteiger partial charge in [-0.05, 0) is 35.2 Å². The molecule has 3 aromatic carbocycles. The predicted octanol–water partition coefficient (Wildman–Crippen LogP) is 4.04. The molecule has 0 amide bonds. The maximum absolute atomic E-state index is 13.0. The minimum absolute atomic E-state index is 0.0954. The third-order valence-corrected chi connectivity index (χ3v) is 5.67. The van der Waals surface area contributed by atoms with Crippen molar-refractivity contribution in [3.8, 4) is 39.9 Å². The van der Waals surface area contributed by atoms with Crippen LogP contribution in [-0.4, -0.2) is 38.7 Å². The number of aliphatic hydroxyl groups excluding tert-OH is 1. The molecule has 8 nitrogen and oxygen atoms in total. The first-order valence-corrected chi connectivity index (χ1v) is 9.54. The normalized spacial score (nSPS) is 15.6. The lowest BCUT2D eigenvalue weighted by molar-refractivity contribution is 0.0706. The summed E-state index contributed by atoms with van der Waals surface area (Å²) in [6.45, 7) is 0.0418. The standard InChI is InChI=1S/C23H16O8/c1-26-15-6-11-12(7-16(15)27-2)21-20-19(23(25)31-22(20)13(24)8-28-21)18(11)10-3-4-14-17(5-10)30-9-29-14/h3-7,24H,8-9H2,1-2H3. The van der Waals surface area contributed by atoms with E-state index in [1.807, 2.05) is 12.1 Å². The molecule has 6 rings (SSSR count). The van der Waals surface area contributed by atoms with E-state index >= 15 is 0 Å². The molecule has 0 radical (unpaired) electrons. The van der Waals surface area contributed by atoms with Crippen LogP contribution in [0.3, 0.4) is 0 Å². The summed E-state index contributed by atoms with van der Waals surface area (Å²) in [4.78, 5) is 13.0. The molecule has 31 heavy (non-hydrogen) atoms. The number of hydrogen-bond donors (Lipinski definition) is 1. The number of rotatable bonds is 3. The lowest BCUT2D eigenvalue weighted by Gasteiger charge is -2.21. The van der Waals surface area contributed by atoms with E-state index < -0.39 is 5.97 Å². The molecule has 3 aliphatic rings. The highest BCUT2D eigenvalue weighted by Gasteiger charge is 2.40. The molecule has 0 unspecified atom stereocenters. The van der Waals surface area contributed by atoms with Crippen molar-refractivity contribution in [3.63, 3.8) is 0 Å². The first kappa shape index (κ1) is 17.8. The lowest BCUT2D eigenvalue weighted by atomic mass is 9.88. The molecule has 156 valence electrons.